The molecule has 1 atom stereocenters. The molecule has 4 aromatic rings. The van der Waals surface area contributed by atoms with Crippen LogP contribution >= 0.6 is 0 Å². The van der Waals surface area contributed by atoms with Crippen molar-refractivity contribution in [1.82, 2.24) is 19.9 Å². The molecule has 38 heavy (non-hydrogen) atoms. The summed E-state index contributed by atoms with van der Waals surface area (Å²) in [5.74, 6) is 0.490. The van der Waals surface area contributed by atoms with E-state index in [1.807, 2.05) is 45.0 Å². The van der Waals surface area contributed by atoms with Crippen molar-refractivity contribution in [1.29, 1.82) is 0 Å². The lowest BCUT2D eigenvalue weighted by molar-refractivity contribution is 0.0198. The summed E-state index contributed by atoms with van der Waals surface area (Å²) in [5.41, 5.74) is 1.73. The molecule has 196 valence electrons. The predicted molar refractivity (Wildman–Crippen MR) is 143 cm³/mol. The predicted octanol–water partition coefficient (Wildman–Crippen LogP) is 6.81. The summed E-state index contributed by atoms with van der Waals surface area (Å²) < 4.78 is 25.9. The molecule has 9 heteroatoms. The number of amides is 1. The van der Waals surface area contributed by atoms with Crippen molar-refractivity contribution in [2.24, 2.45) is 0 Å². The lowest BCUT2D eigenvalue weighted by Gasteiger charge is -2.34. The number of hydrogen-bond acceptors (Lipinski definition) is 7. The molecule has 1 aliphatic rings. The minimum atomic E-state index is -0.595. The van der Waals surface area contributed by atoms with Gasteiger partial charge >= 0.3 is 6.09 Å². The van der Waals surface area contributed by atoms with Crippen LogP contribution in [0.25, 0.3) is 10.9 Å². The number of carbonyl (C=O) groups is 1. The first-order chi connectivity index (χ1) is 18.2. The maximum atomic E-state index is 14.8. The molecule has 2 aromatic heterocycles. The molecule has 1 aliphatic heterocycles. The molecule has 0 bridgehead atoms. The number of rotatable bonds is 5. The molecule has 0 saturated carbocycles. The Morgan fingerprint density at radius 2 is 1.89 bits per heavy atom. The van der Waals surface area contributed by atoms with E-state index in [4.69, 9.17) is 9.47 Å². The Balaban J connectivity index is 1.35. The Morgan fingerprint density at radius 3 is 2.66 bits per heavy atom. The van der Waals surface area contributed by atoms with Gasteiger partial charge in [0.2, 0.25) is 0 Å². The summed E-state index contributed by atoms with van der Waals surface area (Å²) >= 11 is 0. The molecule has 8 nitrogen and oxygen atoms in total. The van der Waals surface area contributed by atoms with Gasteiger partial charge in [0.25, 0.3) is 5.88 Å². The van der Waals surface area contributed by atoms with E-state index in [9.17, 15) is 9.18 Å². The van der Waals surface area contributed by atoms with Crippen molar-refractivity contribution in [3.8, 4) is 11.6 Å². The van der Waals surface area contributed by atoms with Gasteiger partial charge in [-0.1, -0.05) is 24.3 Å². The molecular formula is C29H30FN5O3. The average Bonchev–Trinajstić information content (AvgIpc) is 2.90. The van der Waals surface area contributed by atoms with Crippen LogP contribution in [0.5, 0.6) is 11.6 Å². The SMILES string of the molecule is CC(C)(C)OC(=O)N1CCC[C@H](c2ccc3ncnc(Nc4cnc(Oc5ccccc5)c(F)c4)c3c2)C1. The fourth-order valence-electron chi connectivity index (χ4n) is 4.48. The Morgan fingerprint density at radius 1 is 1.08 bits per heavy atom. The lowest BCUT2D eigenvalue weighted by Crippen LogP contribution is -2.42. The number of anilines is 2. The van der Waals surface area contributed by atoms with Gasteiger partial charge in [0.05, 0.1) is 17.4 Å². The number of halogens is 1. The van der Waals surface area contributed by atoms with Crippen LogP contribution in [0.3, 0.4) is 0 Å². The van der Waals surface area contributed by atoms with E-state index in [0.717, 1.165) is 29.3 Å². The normalized spacial score (nSPS) is 15.8. The molecule has 0 radical (unpaired) electrons. The molecule has 1 amide bonds. The third-order valence-electron chi connectivity index (χ3n) is 6.23. The van der Waals surface area contributed by atoms with Crippen LogP contribution in [0.15, 0.2) is 67.1 Å². The van der Waals surface area contributed by atoms with E-state index in [0.29, 0.717) is 30.3 Å². The monoisotopic (exact) mass is 515 g/mol. The number of nitrogens with one attached hydrogen (secondary N) is 1. The van der Waals surface area contributed by atoms with Gasteiger partial charge in [0.1, 0.15) is 23.5 Å². The number of likely N-dealkylation sites (tertiary alicyclic amines) is 1. The number of nitrogens with zero attached hydrogens (tertiary/aromatic N) is 4. The molecule has 0 aliphatic carbocycles. The summed E-state index contributed by atoms with van der Waals surface area (Å²) in [7, 11) is 0. The number of aromatic nitrogens is 3. The molecule has 5 rings (SSSR count). The van der Waals surface area contributed by atoms with E-state index in [1.54, 1.807) is 29.2 Å². The zero-order valence-corrected chi connectivity index (χ0v) is 21.6. The topological polar surface area (TPSA) is 89.5 Å². The van der Waals surface area contributed by atoms with E-state index >= 15 is 0 Å². The second kappa shape index (κ2) is 10.6. The van der Waals surface area contributed by atoms with Crippen molar-refractivity contribution >= 4 is 28.5 Å². The fourth-order valence-corrected chi connectivity index (χ4v) is 4.48. The van der Waals surface area contributed by atoms with Crippen LogP contribution in [0.2, 0.25) is 0 Å². The van der Waals surface area contributed by atoms with Crippen LogP contribution in [0.1, 0.15) is 45.1 Å². The van der Waals surface area contributed by atoms with E-state index < -0.39 is 11.4 Å². The summed E-state index contributed by atoms with van der Waals surface area (Å²) in [4.78, 5) is 27.3. The first kappa shape index (κ1) is 25.4. The Kier molecular flexibility index (Phi) is 7.09. The molecule has 1 fully saturated rings. The van der Waals surface area contributed by atoms with E-state index in [-0.39, 0.29) is 17.9 Å². The van der Waals surface area contributed by atoms with Gasteiger partial charge in [-0.2, -0.15) is 0 Å². The Bertz CT molecular complexity index is 1440. The molecule has 0 unspecified atom stereocenters. The maximum Gasteiger partial charge on any atom is 0.410 e. The minimum absolute atomic E-state index is 0.108. The van der Waals surface area contributed by atoms with E-state index in [2.05, 4.69) is 20.3 Å². The largest absolute Gasteiger partial charge is 0.444 e. The fraction of sp³-hybridized carbons (Fsp3) is 0.310. The number of fused-ring (bicyclic) bond motifs is 1. The average molecular weight is 516 g/mol. The van der Waals surface area contributed by atoms with Crippen LogP contribution in [0, 0.1) is 5.82 Å². The molecule has 0 spiro atoms. The van der Waals surface area contributed by atoms with Gasteiger partial charge < -0.3 is 19.7 Å². The summed E-state index contributed by atoms with van der Waals surface area (Å²) in [5, 5.41) is 3.96. The van der Waals surface area contributed by atoms with Crippen LogP contribution in [0.4, 0.5) is 20.7 Å². The molecule has 3 heterocycles. The first-order valence-corrected chi connectivity index (χ1v) is 12.6. The highest BCUT2D eigenvalue weighted by Gasteiger charge is 2.28. The number of ether oxygens (including phenoxy) is 2. The van der Waals surface area contributed by atoms with E-state index in [1.165, 1.54) is 18.6 Å². The van der Waals surface area contributed by atoms with Crippen molar-refractivity contribution < 1.29 is 18.7 Å². The van der Waals surface area contributed by atoms with Gasteiger partial charge in [-0.15, -0.1) is 0 Å². The summed E-state index contributed by atoms with van der Waals surface area (Å²) in [6, 6.07) is 16.3. The Hall–Kier alpha value is -4.27. The minimum Gasteiger partial charge on any atom is -0.444 e. The number of piperidine rings is 1. The zero-order valence-electron chi connectivity index (χ0n) is 21.6. The van der Waals surface area contributed by atoms with Gasteiger partial charge in [-0.25, -0.2) is 24.1 Å². The molecule has 2 aromatic carbocycles. The standard InChI is InChI=1S/C29H30FN5O3/c1-29(2,3)38-28(36)35-13-7-8-20(17-35)19-11-12-25-23(14-19)26(33-18-32-25)34-21-15-24(30)27(31-16-21)37-22-9-5-4-6-10-22/h4-6,9-12,14-16,18,20H,7-8,13,17H2,1-3H3,(H,32,33,34)/t20-/m0/s1. The van der Waals surface area contributed by atoms with Crippen molar-refractivity contribution in [2.45, 2.75) is 45.1 Å². The molecular weight excluding hydrogens is 485 g/mol. The highest BCUT2D eigenvalue weighted by atomic mass is 19.1. The third-order valence-corrected chi connectivity index (χ3v) is 6.23. The van der Waals surface area contributed by atoms with Crippen molar-refractivity contribution in [2.75, 3.05) is 18.4 Å². The quantitative estimate of drug-likeness (QED) is 0.312. The number of benzene rings is 2. The highest BCUT2D eigenvalue weighted by molar-refractivity contribution is 5.91. The van der Waals surface area contributed by atoms with Gasteiger partial charge in [-0.3, -0.25) is 0 Å². The third kappa shape index (κ3) is 5.99. The second-order valence-electron chi connectivity index (χ2n) is 10.3. The van der Waals surface area contributed by atoms with Crippen molar-refractivity contribution in [3.63, 3.8) is 0 Å². The second-order valence-corrected chi connectivity index (χ2v) is 10.3. The molecule has 1 saturated heterocycles. The Labute approximate surface area is 220 Å². The number of para-hydroxylation sites is 1. The summed E-state index contributed by atoms with van der Waals surface area (Å²) in [6.07, 6.45) is 4.52. The van der Waals surface area contributed by atoms with Crippen molar-refractivity contribution in [3.05, 3.63) is 78.5 Å². The van der Waals surface area contributed by atoms with Gasteiger partial charge in [0.15, 0.2) is 5.82 Å². The number of carbonyl (C=O) groups excluding carboxylic acids is 1. The lowest BCUT2D eigenvalue weighted by atomic mass is 9.90. The number of pyridine rings is 1. The highest BCUT2D eigenvalue weighted by Crippen LogP contribution is 2.32. The van der Waals surface area contributed by atoms with Crippen LogP contribution in [-0.2, 0) is 4.74 Å². The van der Waals surface area contributed by atoms with Crippen LogP contribution in [-0.4, -0.2) is 44.6 Å². The molecule has 1 N–H and O–H groups in total. The zero-order chi connectivity index (χ0) is 26.7. The van der Waals surface area contributed by atoms with Crippen LogP contribution < -0.4 is 10.1 Å². The number of hydrogen-bond donors (Lipinski definition) is 1. The maximum absolute atomic E-state index is 14.8. The smallest absolute Gasteiger partial charge is 0.410 e. The summed E-state index contributed by atoms with van der Waals surface area (Å²) in [6.45, 7) is 6.87. The first-order valence-electron chi connectivity index (χ1n) is 12.6. The van der Waals surface area contributed by atoms with Gasteiger partial charge in [-0.05, 0) is 63.4 Å². The van der Waals surface area contributed by atoms with Gasteiger partial charge in [0, 0.05) is 30.5 Å².